The maximum Gasteiger partial charge on any atom is 0.158 e. The van der Waals surface area contributed by atoms with Gasteiger partial charge in [-0.3, -0.25) is 0 Å². The van der Waals surface area contributed by atoms with Crippen LogP contribution in [0.4, 0.5) is 11.6 Å². The molecule has 0 amide bonds. The highest BCUT2D eigenvalue weighted by Gasteiger charge is 2.06. The summed E-state index contributed by atoms with van der Waals surface area (Å²) >= 11 is 0. The lowest BCUT2D eigenvalue weighted by Gasteiger charge is -2.12. The first-order chi connectivity index (χ1) is 8.69. The molecular weight excluding hydrogens is 232 g/mol. The van der Waals surface area contributed by atoms with Crippen LogP contribution in [0.2, 0.25) is 0 Å². The molecule has 1 unspecified atom stereocenters. The summed E-state index contributed by atoms with van der Waals surface area (Å²) in [5.41, 5.74) is 0. The number of anilines is 2. The monoisotopic (exact) mass is 254 g/mol. The van der Waals surface area contributed by atoms with Crippen LogP contribution in [0, 0.1) is 0 Å². The molecule has 0 fully saturated rings. The van der Waals surface area contributed by atoms with E-state index in [-0.39, 0.29) is 6.10 Å². The van der Waals surface area contributed by atoms with E-state index in [1.54, 1.807) is 13.1 Å². The molecule has 18 heavy (non-hydrogen) atoms. The third kappa shape index (κ3) is 4.85. The molecule has 1 aromatic heterocycles. The molecule has 102 valence electrons. The summed E-state index contributed by atoms with van der Waals surface area (Å²) in [5, 5.41) is 15.6. The minimum absolute atomic E-state index is 0.367. The third-order valence-corrected chi connectivity index (χ3v) is 2.45. The van der Waals surface area contributed by atoms with Crippen molar-refractivity contribution in [1.29, 1.82) is 0 Å². The minimum Gasteiger partial charge on any atom is -0.391 e. The zero-order chi connectivity index (χ0) is 13.4. The van der Waals surface area contributed by atoms with E-state index in [0.717, 1.165) is 5.82 Å². The number of hydrogen-bond acceptors (Lipinski definition) is 6. The molecule has 3 N–H and O–H groups in total. The lowest BCUT2D eigenvalue weighted by Crippen LogP contribution is -2.19. The summed E-state index contributed by atoms with van der Waals surface area (Å²) in [6, 6.07) is 1.80. The number of nitrogens with one attached hydrogen (secondary N) is 2. The predicted molar refractivity (Wildman–Crippen MR) is 71.7 cm³/mol. The van der Waals surface area contributed by atoms with Crippen LogP contribution in [0.5, 0.6) is 0 Å². The maximum absolute atomic E-state index is 9.51. The molecule has 0 radical (unpaired) electrons. The Morgan fingerprint density at radius 1 is 1.33 bits per heavy atom. The van der Waals surface area contributed by atoms with Crippen LogP contribution in [0.1, 0.15) is 26.1 Å². The lowest BCUT2D eigenvalue weighted by molar-refractivity contribution is 0.128. The third-order valence-electron chi connectivity index (χ3n) is 2.45. The Morgan fingerprint density at radius 3 is 2.67 bits per heavy atom. The van der Waals surface area contributed by atoms with Gasteiger partial charge in [0, 0.05) is 26.3 Å². The van der Waals surface area contributed by atoms with Crippen molar-refractivity contribution in [3.63, 3.8) is 0 Å². The van der Waals surface area contributed by atoms with Crippen molar-refractivity contribution in [3.8, 4) is 0 Å². The van der Waals surface area contributed by atoms with Crippen molar-refractivity contribution < 1.29 is 9.84 Å². The van der Waals surface area contributed by atoms with Crippen molar-refractivity contribution in [2.75, 3.05) is 30.8 Å². The summed E-state index contributed by atoms with van der Waals surface area (Å²) in [6.07, 6.45) is 0.344. The Hall–Kier alpha value is -1.40. The van der Waals surface area contributed by atoms with Gasteiger partial charge in [-0.2, -0.15) is 0 Å². The van der Waals surface area contributed by atoms with Crippen molar-refractivity contribution in [2.24, 2.45) is 0 Å². The van der Waals surface area contributed by atoms with E-state index in [2.05, 4.69) is 20.6 Å². The standard InChI is InChI=1S/C12H22N4O2/c1-4-9(17)7-14-11-6-10(13-3)15-12(16-11)8-18-5-2/h6,9,17H,4-5,7-8H2,1-3H3,(H2,13,14,15,16). The molecule has 1 atom stereocenters. The van der Waals surface area contributed by atoms with Crippen LogP contribution < -0.4 is 10.6 Å². The maximum atomic E-state index is 9.51. The summed E-state index contributed by atoms with van der Waals surface area (Å²) in [7, 11) is 1.80. The van der Waals surface area contributed by atoms with E-state index in [9.17, 15) is 5.11 Å². The van der Waals surface area contributed by atoms with Crippen LogP contribution in [-0.4, -0.2) is 41.4 Å². The molecule has 0 aromatic carbocycles. The number of rotatable bonds is 8. The topological polar surface area (TPSA) is 79.3 Å². The van der Waals surface area contributed by atoms with Gasteiger partial charge in [-0.05, 0) is 13.3 Å². The first-order valence-electron chi connectivity index (χ1n) is 6.25. The second-order valence-electron chi connectivity index (χ2n) is 3.88. The highest BCUT2D eigenvalue weighted by molar-refractivity contribution is 5.47. The molecule has 0 aliphatic rings. The van der Waals surface area contributed by atoms with Crippen molar-refractivity contribution in [3.05, 3.63) is 11.9 Å². The molecule has 6 heteroatoms. The Bertz CT molecular complexity index is 360. The Morgan fingerprint density at radius 2 is 2.06 bits per heavy atom. The number of hydrogen-bond donors (Lipinski definition) is 3. The van der Waals surface area contributed by atoms with Gasteiger partial charge < -0.3 is 20.5 Å². The Labute approximate surface area is 108 Å². The lowest BCUT2D eigenvalue weighted by atomic mass is 10.3. The van der Waals surface area contributed by atoms with E-state index < -0.39 is 0 Å². The number of nitrogens with zero attached hydrogens (tertiary/aromatic N) is 2. The smallest absolute Gasteiger partial charge is 0.158 e. The van der Waals surface area contributed by atoms with Gasteiger partial charge in [0.1, 0.15) is 18.2 Å². The quantitative estimate of drug-likeness (QED) is 0.647. The molecule has 0 saturated heterocycles. The predicted octanol–water partition coefficient (Wildman–Crippen LogP) is 1.24. The molecule has 0 spiro atoms. The summed E-state index contributed by atoms with van der Waals surface area (Å²) < 4.78 is 5.29. The van der Waals surface area contributed by atoms with Crippen LogP contribution in [0.15, 0.2) is 6.07 Å². The van der Waals surface area contributed by atoms with Gasteiger partial charge in [0.2, 0.25) is 0 Å². The molecule has 0 aliphatic heterocycles. The number of ether oxygens (including phenoxy) is 1. The molecule has 6 nitrogen and oxygen atoms in total. The van der Waals surface area contributed by atoms with Gasteiger partial charge in [-0.1, -0.05) is 6.92 Å². The van der Waals surface area contributed by atoms with Gasteiger partial charge in [-0.25, -0.2) is 9.97 Å². The summed E-state index contributed by atoms with van der Waals surface area (Å²) in [6.45, 7) is 5.36. The fourth-order valence-electron chi connectivity index (χ4n) is 1.34. The highest BCUT2D eigenvalue weighted by Crippen LogP contribution is 2.11. The molecule has 0 saturated carbocycles. The molecular formula is C12H22N4O2. The normalized spacial score (nSPS) is 12.2. The fourth-order valence-corrected chi connectivity index (χ4v) is 1.34. The first kappa shape index (κ1) is 14.7. The van der Waals surface area contributed by atoms with Gasteiger partial charge >= 0.3 is 0 Å². The van der Waals surface area contributed by atoms with Crippen LogP contribution >= 0.6 is 0 Å². The number of aliphatic hydroxyl groups is 1. The highest BCUT2D eigenvalue weighted by atomic mass is 16.5. The largest absolute Gasteiger partial charge is 0.391 e. The molecule has 0 bridgehead atoms. The molecule has 1 rings (SSSR count). The van der Waals surface area contributed by atoms with E-state index >= 15 is 0 Å². The van der Waals surface area contributed by atoms with E-state index in [1.807, 2.05) is 13.8 Å². The summed E-state index contributed by atoms with van der Waals surface area (Å²) in [5.74, 6) is 2.04. The Balaban J connectivity index is 2.70. The first-order valence-corrected chi connectivity index (χ1v) is 6.25. The fraction of sp³-hybridized carbons (Fsp3) is 0.667. The van der Waals surface area contributed by atoms with Crippen molar-refractivity contribution >= 4 is 11.6 Å². The molecule has 1 heterocycles. The second-order valence-corrected chi connectivity index (χ2v) is 3.88. The van der Waals surface area contributed by atoms with Gasteiger partial charge in [0.05, 0.1) is 6.10 Å². The van der Waals surface area contributed by atoms with Crippen LogP contribution in [0.25, 0.3) is 0 Å². The van der Waals surface area contributed by atoms with Crippen LogP contribution in [0.3, 0.4) is 0 Å². The van der Waals surface area contributed by atoms with Gasteiger partial charge in [0.25, 0.3) is 0 Å². The zero-order valence-electron chi connectivity index (χ0n) is 11.2. The zero-order valence-corrected chi connectivity index (χ0v) is 11.2. The minimum atomic E-state index is -0.367. The second kappa shape index (κ2) is 7.84. The van der Waals surface area contributed by atoms with Crippen molar-refractivity contribution in [1.82, 2.24) is 9.97 Å². The van der Waals surface area contributed by atoms with Gasteiger partial charge in [-0.15, -0.1) is 0 Å². The number of aromatic nitrogens is 2. The van der Waals surface area contributed by atoms with Crippen LogP contribution in [-0.2, 0) is 11.3 Å². The van der Waals surface area contributed by atoms with E-state index in [1.165, 1.54) is 0 Å². The molecule has 0 aliphatic carbocycles. The average molecular weight is 254 g/mol. The SMILES string of the molecule is CCOCc1nc(NC)cc(NCC(O)CC)n1. The molecule has 1 aromatic rings. The number of aliphatic hydroxyl groups excluding tert-OH is 1. The Kier molecular flexibility index (Phi) is 6.38. The summed E-state index contributed by atoms with van der Waals surface area (Å²) in [4.78, 5) is 8.61. The van der Waals surface area contributed by atoms with E-state index in [0.29, 0.717) is 37.8 Å². The van der Waals surface area contributed by atoms with Gasteiger partial charge in [0.15, 0.2) is 5.82 Å². The van der Waals surface area contributed by atoms with Crippen molar-refractivity contribution in [2.45, 2.75) is 33.0 Å². The van der Waals surface area contributed by atoms with E-state index in [4.69, 9.17) is 4.74 Å². The average Bonchev–Trinajstić information content (AvgIpc) is 2.42.